The van der Waals surface area contributed by atoms with Crippen LogP contribution < -0.4 is 15.4 Å². The van der Waals surface area contributed by atoms with Crippen molar-refractivity contribution in [1.29, 1.82) is 0 Å². The molecule has 0 aliphatic heterocycles. The normalized spacial score (nSPS) is 10.4. The summed E-state index contributed by atoms with van der Waals surface area (Å²) < 4.78 is 5.11. The molecule has 8 heteroatoms. The van der Waals surface area contributed by atoms with Crippen molar-refractivity contribution in [2.75, 3.05) is 17.7 Å². The number of anilines is 2. The molecule has 0 fully saturated rings. The Kier molecular flexibility index (Phi) is 5.58. The van der Waals surface area contributed by atoms with E-state index in [1.165, 1.54) is 0 Å². The summed E-state index contributed by atoms with van der Waals surface area (Å²) in [6.45, 7) is 0. The van der Waals surface area contributed by atoms with Crippen LogP contribution in [-0.4, -0.2) is 29.1 Å². The van der Waals surface area contributed by atoms with Gasteiger partial charge in [-0.3, -0.25) is 14.7 Å². The predicted molar refractivity (Wildman–Crippen MR) is 117 cm³/mol. The first-order valence-corrected chi connectivity index (χ1v) is 9.97. The Balaban J connectivity index is 1.49. The van der Waals surface area contributed by atoms with Crippen molar-refractivity contribution in [3.63, 3.8) is 0 Å². The minimum Gasteiger partial charge on any atom is -0.497 e. The number of hydrogen-bond donors (Lipinski definition) is 3. The molecule has 2 heterocycles. The van der Waals surface area contributed by atoms with Crippen molar-refractivity contribution in [1.82, 2.24) is 10.2 Å². The maximum Gasteiger partial charge on any atom is 0.258 e. The standard InChI is InChI=1S/C22H18N4O3S/c1-29-15-10-8-14(9-11-15)21(27)23-17-6-3-2-5-16(17)22(28)24-20-13-18(25-26-20)19-7-4-12-30-19/h2-13H,1H3,(H,23,27)(H2,24,25,26,28). The van der Waals surface area contributed by atoms with Crippen molar-refractivity contribution in [3.05, 3.63) is 83.2 Å². The molecule has 2 aromatic heterocycles. The fraction of sp³-hybridized carbons (Fsp3) is 0.0455. The third kappa shape index (κ3) is 4.23. The number of nitrogens with one attached hydrogen (secondary N) is 3. The van der Waals surface area contributed by atoms with E-state index in [-0.39, 0.29) is 11.8 Å². The van der Waals surface area contributed by atoms with Crippen LogP contribution in [0.4, 0.5) is 11.5 Å². The lowest BCUT2D eigenvalue weighted by Gasteiger charge is -2.11. The molecular weight excluding hydrogens is 400 g/mol. The zero-order valence-electron chi connectivity index (χ0n) is 16.0. The van der Waals surface area contributed by atoms with E-state index in [2.05, 4.69) is 20.8 Å². The highest BCUT2D eigenvalue weighted by molar-refractivity contribution is 7.13. The van der Waals surface area contributed by atoms with Crippen LogP contribution in [0.15, 0.2) is 72.1 Å². The summed E-state index contributed by atoms with van der Waals surface area (Å²) in [5, 5.41) is 14.6. The predicted octanol–water partition coefficient (Wildman–Crippen LogP) is 4.65. The molecule has 3 N–H and O–H groups in total. The minimum absolute atomic E-state index is 0.322. The molecule has 0 saturated heterocycles. The number of hydrogen-bond acceptors (Lipinski definition) is 5. The van der Waals surface area contributed by atoms with Gasteiger partial charge >= 0.3 is 0 Å². The first kappa shape index (κ1) is 19.4. The van der Waals surface area contributed by atoms with E-state index in [0.29, 0.717) is 28.4 Å². The van der Waals surface area contributed by atoms with Gasteiger partial charge < -0.3 is 15.4 Å². The van der Waals surface area contributed by atoms with E-state index < -0.39 is 0 Å². The Morgan fingerprint density at radius 3 is 2.50 bits per heavy atom. The van der Waals surface area contributed by atoms with Crippen LogP contribution in [-0.2, 0) is 0 Å². The molecule has 0 aliphatic carbocycles. The second-order valence-electron chi connectivity index (χ2n) is 6.33. The van der Waals surface area contributed by atoms with E-state index in [1.54, 1.807) is 73.0 Å². The second-order valence-corrected chi connectivity index (χ2v) is 7.27. The van der Waals surface area contributed by atoms with Crippen molar-refractivity contribution in [3.8, 4) is 16.3 Å². The van der Waals surface area contributed by atoms with Crippen LogP contribution in [0, 0.1) is 0 Å². The Morgan fingerprint density at radius 2 is 1.77 bits per heavy atom. The maximum absolute atomic E-state index is 12.8. The molecule has 4 rings (SSSR count). The molecule has 0 bridgehead atoms. The number of para-hydroxylation sites is 1. The third-order valence-corrected chi connectivity index (χ3v) is 5.28. The first-order valence-electron chi connectivity index (χ1n) is 9.09. The average Bonchev–Trinajstić information content (AvgIpc) is 3.46. The summed E-state index contributed by atoms with van der Waals surface area (Å²) >= 11 is 1.57. The number of thiophene rings is 1. The molecule has 30 heavy (non-hydrogen) atoms. The number of rotatable bonds is 6. The Labute approximate surface area is 176 Å². The number of H-pyrrole nitrogens is 1. The molecule has 0 atom stereocenters. The van der Waals surface area contributed by atoms with E-state index >= 15 is 0 Å². The van der Waals surface area contributed by atoms with E-state index in [0.717, 1.165) is 10.6 Å². The lowest BCUT2D eigenvalue weighted by Crippen LogP contribution is -2.18. The van der Waals surface area contributed by atoms with Gasteiger partial charge in [-0.25, -0.2) is 0 Å². The third-order valence-electron chi connectivity index (χ3n) is 4.38. The van der Waals surface area contributed by atoms with Gasteiger partial charge in [0.05, 0.1) is 28.9 Å². The van der Waals surface area contributed by atoms with E-state index in [9.17, 15) is 9.59 Å². The molecule has 0 spiro atoms. The zero-order chi connectivity index (χ0) is 20.9. The quantitative estimate of drug-likeness (QED) is 0.425. The minimum atomic E-state index is -0.370. The monoisotopic (exact) mass is 418 g/mol. The number of benzene rings is 2. The highest BCUT2D eigenvalue weighted by Gasteiger charge is 2.16. The molecule has 4 aromatic rings. The Hall–Kier alpha value is -3.91. The van der Waals surface area contributed by atoms with E-state index in [4.69, 9.17) is 4.74 Å². The molecule has 7 nitrogen and oxygen atoms in total. The Morgan fingerprint density at radius 1 is 0.967 bits per heavy atom. The van der Waals surface area contributed by atoms with Crippen LogP contribution in [0.25, 0.3) is 10.6 Å². The van der Waals surface area contributed by atoms with Gasteiger partial charge in [-0.05, 0) is 47.8 Å². The van der Waals surface area contributed by atoms with Gasteiger partial charge in [-0.1, -0.05) is 18.2 Å². The smallest absolute Gasteiger partial charge is 0.258 e. The lowest BCUT2D eigenvalue weighted by atomic mass is 10.1. The topological polar surface area (TPSA) is 96.1 Å². The summed E-state index contributed by atoms with van der Waals surface area (Å²) in [5.74, 6) is 0.370. The number of carbonyl (C=O) groups excluding carboxylic acids is 2. The van der Waals surface area contributed by atoms with Crippen molar-refractivity contribution < 1.29 is 14.3 Å². The summed E-state index contributed by atoms with van der Waals surface area (Å²) in [6.07, 6.45) is 0. The van der Waals surface area contributed by atoms with Crippen LogP contribution in [0.3, 0.4) is 0 Å². The van der Waals surface area contributed by atoms with Gasteiger partial charge in [-0.15, -0.1) is 11.3 Å². The van der Waals surface area contributed by atoms with Crippen LogP contribution >= 0.6 is 11.3 Å². The van der Waals surface area contributed by atoms with Crippen molar-refractivity contribution in [2.45, 2.75) is 0 Å². The molecule has 0 aliphatic rings. The van der Waals surface area contributed by atoms with Gasteiger partial charge in [0.1, 0.15) is 5.75 Å². The van der Waals surface area contributed by atoms with Crippen LogP contribution in [0.2, 0.25) is 0 Å². The molecule has 0 unspecified atom stereocenters. The summed E-state index contributed by atoms with van der Waals surface area (Å²) in [6, 6.07) is 19.2. The SMILES string of the molecule is COc1ccc(C(=O)Nc2ccccc2C(=O)Nc2cc(-c3cccs3)[nH]n2)cc1. The summed E-state index contributed by atoms with van der Waals surface area (Å²) in [7, 11) is 1.56. The van der Waals surface area contributed by atoms with Crippen LogP contribution in [0.5, 0.6) is 5.75 Å². The number of amides is 2. The zero-order valence-corrected chi connectivity index (χ0v) is 16.8. The highest BCUT2D eigenvalue weighted by atomic mass is 32.1. The largest absolute Gasteiger partial charge is 0.497 e. The average molecular weight is 418 g/mol. The molecule has 150 valence electrons. The fourth-order valence-electron chi connectivity index (χ4n) is 2.85. The highest BCUT2D eigenvalue weighted by Crippen LogP contribution is 2.25. The van der Waals surface area contributed by atoms with Gasteiger partial charge in [-0.2, -0.15) is 5.10 Å². The molecule has 0 saturated carbocycles. The van der Waals surface area contributed by atoms with Crippen molar-refractivity contribution >= 4 is 34.7 Å². The Bertz CT molecular complexity index is 1170. The lowest BCUT2D eigenvalue weighted by molar-refractivity contribution is 0.102. The van der Waals surface area contributed by atoms with Gasteiger partial charge in [0, 0.05) is 11.6 Å². The van der Waals surface area contributed by atoms with Gasteiger partial charge in [0.2, 0.25) is 0 Å². The summed E-state index contributed by atoms with van der Waals surface area (Å²) in [5.41, 5.74) is 2.02. The summed E-state index contributed by atoms with van der Waals surface area (Å²) in [4.78, 5) is 26.4. The first-order chi connectivity index (χ1) is 14.6. The molecule has 2 amide bonds. The van der Waals surface area contributed by atoms with Crippen LogP contribution in [0.1, 0.15) is 20.7 Å². The number of carbonyl (C=O) groups is 2. The fourth-order valence-corrected chi connectivity index (χ4v) is 3.55. The number of aromatic nitrogens is 2. The molecule has 0 radical (unpaired) electrons. The number of aromatic amines is 1. The number of methoxy groups -OCH3 is 1. The second kappa shape index (κ2) is 8.62. The number of nitrogens with zero attached hydrogens (tertiary/aromatic N) is 1. The van der Waals surface area contributed by atoms with Gasteiger partial charge in [0.15, 0.2) is 5.82 Å². The van der Waals surface area contributed by atoms with Gasteiger partial charge in [0.25, 0.3) is 11.8 Å². The molecular formula is C22H18N4O3S. The van der Waals surface area contributed by atoms with Crippen molar-refractivity contribution in [2.24, 2.45) is 0 Å². The van der Waals surface area contributed by atoms with E-state index in [1.807, 2.05) is 17.5 Å². The maximum atomic E-state index is 12.8. The molecule has 2 aromatic carbocycles. The number of ether oxygens (including phenoxy) is 1.